The first-order valence-electron chi connectivity index (χ1n) is 7.03. The highest BCUT2D eigenvalue weighted by Crippen LogP contribution is 2.32. The van der Waals surface area contributed by atoms with Crippen LogP contribution in [0, 0.1) is 6.92 Å². The van der Waals surface area contributed by atoms with Crippen molar-refractivity contribution in [3.05, 3.63) is 53.3 Å². The minimum absolute atomic E-state index is 0.640. The quantitative estimate of drug-likeness (QED) is 0.728. The third-order valence-electron chi connectivity index (χ3n) is 3.59. The summed E-state index contributed by atoms with van der Waals surface area (Å²) in [5.41, 5.74) is 2.74. The van der Waals surface area contributed by atoms with Crippen LogP contribution in [0.15, 0.2) is 42.7 Å². The van der Waals surface area contributed by atoms with Crippen molar-refractivity contribution in [3.8, 4) is 28.6 Å². The van der Waals surface area contributed by atoms with E-state index in [1.807, 2.05) is 43.3 Å². The van der Waals surface area contributed by atoms with Crippen molar-refractivity contribution in [2.24, 2.45) is 0 Å². The molecule has 0 fully saturated rings. The van der Waals surface area contributed by atoms with Crippen LogP contribution in [0.25, 0.3) is 17.1 Å². The van der Waals surface area contributed by atoms with E-state index < -0.39 is 0 Å². The van der Waals surface area contributed by atoms with Gasteiger partial charge in [0.25, 0.3) is 0 Å². The molecule has 0 unspecified atom stereocenters. The molecule has 1 heterocycles. The zero-order valence-electron chi connectivity index (χ0n) is 13.1. The van der Waals surface area contributed by atoms with Crippen molar-refractivity contribution in [1.29, 1.82) is 0 Å². The van der Waals surface area contributed by atoms with E-state index in [1.165, 1.54) is 6.33 Å². The van der Waals surface area contributed by atoms with Crippen LogP contribution in [0.2, 0.25) is 5.02 Å². The number of methoxy groups -OCH3 is 2. The second-order valence-corrected chi connectivity index (χ2v) is 5.41. The molecule has 5 nitrogen and oxygen atoms in total. The number of nitrogens with zero attached hydrogens (tertiary/aromatic N) is 3. The Labute approximate surface area is 139 Å². The highest BCUT2D eigenvalue weighted by molar-refractivity contribution is 6.31. The molecule has 0 bridgehead atoms. The van der Waals surface area contributed by atoms with Crippen molar-refractivity contribution in [1.82, 2.24) is 14.8 Å². The second-order valence-electron chi connectivity index (χ2n) is 5.00. The van der Waals surface area contributed by atoms with Crippen LogP contribution in [-0.4, -0.2) is 29.0 Å². The highest BCUT2D eigenvalue weighted by Gasteiger charge is 2.13. The molecule has 6 heteroatoms. The number of halogens is 1. The molecule has 0 atom stereocenters. The van der Waals surface area contributed by atoms with Crippen molar-refractivity contribution in [2.45, 2.75) is 6.92 Å². The van der Waals surface area contributed by atoms with Gasteiger partial charge in [0.05, 0.1) is 19.9 Å². The number of ether oxygens (including phenoxy) is 2. The van der Waals surface area contributed by atoms with Gasteiger partial charge in [-0.15, -0.1) is 0 Å². The fourth-order valence-corrected chi connectivity index (χ4v) is 2.49. The van der Waals surface area contributed by atoms with E-state index in [2.05, 4.69) is 10.1 Å². The third-order valence-corrected chi connectivity index (χ3v) is 4.00. The molecule has 0 N–H and O–H groups in total. The molecule has 0 radical (unpaired) electrons. The molecule has 118 valence electrons. The maximum absolute atomic E-state index is 6.22. The van der Waals surface area contributed by atoms with Crippen LogP contribution in [0.1, 0.15) is 5.56 Å². The predicted molar refractivity (Wildman–Crippen MR) is 89.6 cm³/mol. The number of aryl methyl sites for hydroxylation is 1. The fraction of sp³-hybridized carbons (Fsp3) is 0.176. The monoisotopic (exact) mass is 329 g/mol. The average molecular weight is 330 g/mol. The van der Waals surface area contributed by atoms with Gasteiger partial charge in [-0.25, -0.2) is 9.67 Å². The molecule has 0 aliphatic carbocycles. The number of rotatable bonds is 4. The topological polar surface area (TPSA) is 49.2 Å². The summed E-state index contributed by atoms with van der Waals surface area (Å²) >= 11 is 6.22. The Morgan fingerprint density at radius 2 is 1.78 bits per heavy atom. The molecule has 3 rings (SSSR count). The zero-order chi connectivity index (χ0) is 16.4. The van der Waals surface area contributed by atoms with E-state index in [0.717, 1.165) is 16.8 Å². The van der Waals surface area contributed by atoms with Gasteiger partial charge in [0.1, 0.15) is 6.33 Å². The number of benzene rings is 2. The van der Waals surface area contributed by atoms with Gasteiger partial charge < -0.3 is 9.47 Å². The summed E-state index contributed by atoms with van der Waals surface area (Å²) in [4.78, 5) is 4.36. The third kappa shape index (κ3) is 2.87. The molecular weight excluding hydrogens is 314 g/mol. The van der Waals surface area contributed by atoms with Crippen molar-refractivity contribution < 1.29 is 9.47 Å². The Kier molecular flexibility index (Phi) is 4.21. The first-order valence-corrected chi connectivity index (χ1v) is 7.40. The molecule has 23 heavy (non-hydrogen) atoms. The first kappa shape index (κ1) is 15.4. The van der Waals surface area contributed by atoms with Crippen LogP contribution in [-0.2, 0) is 0 Å². The van der Waals surface area contributed by atoms with Crippen LogP contribution >= 0.6 is 11.6 Å². The molecule has 0 aliphatic rings. The minimum atomic E-state index is 0.640. The van der Waals surface area contributed by atoms with Crippen LogP contribution in [0.3, 0.4) is 0 Å². The van der Waals surface area contributed by atoms with E-state index in [4.69, 9.17) is 21.1 Å². The lowest BCUT2D eigenvalue weighted by Crippen LogP contribution is -2.00. The fourth-order valence-electron chi connectivity index (χ4n) is 2.32. The Balaban J connectivity index is 2.09. The standard InChI is InChI=1S/C17H16ClN3O2/c1-11-4-6-13(9-14(11)18)21-17(19-10-20-21)12-5-7-15(22-2)16(8-12)23-3/h4-10H,1-3H3. The molecule has 1 aromatic heterocycles. The van der Waals surface area contributed by atoms with E-state index in [0.29, 0.717) is 22.3 Å². The second kappa shape index (κ2) is 6.30. The summed E-state index contributed by atoms with van der Waals surface area (Å²) in [5, 5.41) is 5.00. The van der Waals surface area contributed by atoms with E-state index in [1.54, 1.807) is 18.9 Å². The maximum atomic E-state index is 6.22. The normalized spacial score (nSPS) is 10.6. The summed E-state index contributed by atoms with van der Waals surface area (Å²) in [6.07, 6.45) is 1.51. The molecule has 0 saturated carbocycles. The van der Waals surface area contributed by atoms with Gasteiger partial charge in [-0.2, -0.15) is 5.10 Å². The Morgan fingerprint density at radius 1 is 1.00 bits per heavy atom. The smallest absolute Gasteiger partial charge is 0.163 e. The van der Waals surface area contributed by atoms with Crippen LogP contribution in [0.5, 0.6) is 11.5 Å². The maximum Gasteiger partial charge on any atom is 0.163 e. The summed E-state index contributed by atoms with van der Waals surface area (Å²) in [6.45, 7) is 1.96. The van der Waals surface area contributed by atoms with E-state index in [9.17, 15) is 0 Å². The number of hydrogen-bond acceptors (Lipinski definition) is 4. The van der Waals surface area contributed by atoms with Gasteiger partial charge in [0.2, 0.25) is 0 Å². The van der Waals surface area contributed by atoms with Crippen LogP contribution in [0.4, 0.5) is 0 Å². The zero-order valence-corrected chi connectivity index (χ0v) is 13.8. The lowest BCUT2D eigenvalue weighted by molar-refractivity contribution is 0.355. The average Bonchev–Trinajstić information content (AvgIpc) is 3.06. The van der Waals surface area contributed by atoms with Gasteiger partial charge in [0, 0.05) is 10.6 Å². The summed E-state index contributed by atoms with van der Waals surface area (Å²) in [6, 6.07) is 11.4. The molecule has 0 spiro atoms. The summed E-state index contributed by atoms with van der Waals surface area (Å²) < 4.78 is 12.4. The first-order chi connectivity index (χ1) is 11.1. The van der Waals surface area contributed by atoms with Gasteiger partial charge >= 0.3 is 0 Å². The molecule has 0 saturated heterocycles. The van der Waals surface area contributed by atoms with Crippen molar-refractivity contribution in [3.63, 3.8) is 0 Å². The predicted octanol–water partition coefficient (Wildman–Crippen LogP) is 3.91. The van der Waals surface area contributed by atoms with E-state index in [-0.39, 0.29) is 0 Å². The highest BCUT2D eigenvalue weighted by atomic mass is 35.5. The van der Waals surface area contributed by atoms with Gasteiger partial charge in [-0.1, -0.05) is 17.7 Å². The largest absolute Gasteiger partial charge is 0.493 e. The SMILES string of the molecule is COc1ccc(-c2ncnn2-c2ccc(C)c(Cl)c2)cc1OC. The number of hydrogen-bond donors (Lipinski definition) is 0. The Bertz CT molecular complexity index is 846. The number of aromatic nitrogens is 3. The van der Waals surface area contributed by atoms with Crippen LogP contribution < -0.4 is 9.47 Å². The van der Waals surface area contributed by atoms with Gasteiger partial charge in [-0.05, 0) is 42.8 Å². The van der Waals surface area contributed by atoms with Gasteiger partial charge in [-0.3, -0.25) is 0 Å². The summed E-state index contributed by atoms with van der Waals surface area (Å²) in [5.74, 6) is 2.01. The lowest BCUT2D eigenvalue weighted by atomic mass is 10.1. The Hall–Kier alpha value is -2.53. The summed E-state index contributed by atoms with van der Waals surface area (Å²) in [7, 11) is 3.21. The minimum Gasteiger partial charge on any atom is -0.493 e. The van der Waals surface area contributed by atoms with Gasteiger partial charge in [0.15, 0.2) is 17.3 Å². The van der Waals surface area contributed by atoms with E-state index >= 15 is 0 Å². The molecule has 0 amide bonds. The Morgan fingerprint density at radius 3 is 2.48 bits per heavy atom. The lowest BCUT2D eigenvalue weighted by Gasteiger charge is -2.11. The van der Waals surface area contributed by atoms with Crippen molar-refractivity contribution in [2.75, 3.05) is 14.2 Å². The van der Waals surface area contributed by atoms with Crippen molar-refractivity contribution >= 4 is 11.6 Å². The molecular formula is C17H16ClN3O2. The molecule has 0 aliphatic heterocycles. The molecule has 3 aromatic rings. The molecule has 2 aromatic carbocycles.